The van der Waals surface area contributed by atoms with Crippen molar-refractivity contribution in [2.24, 2.45) is 5.92 Å². The summed E-state index contributed by atoms with van der Waals surface area (Å²) in [5, 5.41) is 10.2. The van der Waals surface area contributed by atoms with Crippen molar-refractivity contribution in [3.63, 3.8) is 0 Å². The molecule has 0 fully saturated rings. The highest BCUT2D eigenvalue weighted by atomic mass is 32.1. The molecule has 0 saturated heterocycles. The molecule has 0 aliphatic rings. The van der Waals surface area contributed by atoms with Crippen molar-refractivity contribution < 1.29 is 19.4 Å². The number of amides is 1. The van der Waals surface area contributed by atoms with Crippen LogP contribution in [-0.4, -0.2) is 48.2 Å². The first kappa shape index (κ1) is 18.4. The summed E-state index contributed by atoms with van der Waals surface area (Å²) >= 11 is 1.44. The van der Waals surface area contributed by atoms with E-state index in [-0.39, 0.29) is 12.5 Å². The molecule has 1 aromatic carbocycles. The van der Waals surface area contributed by atoms with Gasteiger partial charge in [-0.1, -0.05) is 25.1 Å². The van der Waals surface area contributed by atoms with Crippen molar-refractivity contribution in [2.45, 2.75) is 20.3 Å². The first-order valence-corrected chi connectivity index (χ1v) is 8.93. The van der Waals surface area contributed by atoms with Gasteiger partial charge in [0.05, 0.1) is 10.8 Å². The van der Waals surface area contributed by atoms with Gasteiger partial charge in [0.1, 0.15) is 0 Å². The Kier molecular flexibility index (Phi) is 6.75. The van der Waals surface area contributed by atoms with E-state index >= 15 is 0 Å². The van der Waals surface area contributed by atoms with E-state index in [1.54, 1.807) is 11.8 Å². The van der Waals surface area contributed by atoms with Crippen molar-refractivity contribution in [1.29, 1.82) is 0 Å². The normalized spacial score (nSPS) is 12.2. The molecule has 6 heteroatoms. The average molecular weight is 349 g/mol. The van der Waals surface area contributed by atoms with Gasteiger partial charge in [-0.3, -0.25) is 9.59 Å². The third-order valence-electron chi connectivity index (χ3n) is 3.76. The molecule has 0 aliphatic heterocycles. The molecular weight excluding hydrogens is 326 g/mol. The predicted molar refractivity (Wildman–Crippen MR) is 95.6 cm³/mol. The Balaban J connectivity index is 2.13. The monoisotopic (exact) mass is 349 g/mol. The molecule has 1 amide bonds. The molecule has 0 bridgehead atoms. The molecule has 5 nitrogen and oxygen atoms in total. The molecule has 1 aromatic heterocycles. The number of carbonyl (C=O) groups excluding carboxylic acids is 1. The Morgan fingerprint density at radius 2 is 2.08 bits per heavy atom. The minimum atomic E-state index is -0.894. The number of fused-ring (bicyclic) bond motifs is 1. The summed E-state index contributed by atoms with van der Waals surface area (Å²) in [6.07, 6.45) is 0.691. The maximum Gasteiger partial charge on any atom is 0.308 e. The lowest BCUT2D eigenvalue weighted by Gasteiger charge is -2.24. The van der Waals surface area contributed by atoms with Crippen LogP contribution in [0.2, 0.25) is 0 Å². The molecule has 0 spiro atoms. The molecule has 2 aromatic rings. The number of carbonyl (C=O) groups is 2. The first-order chi connectivity index (χ1) is 11.5. The summed E-state index contributed by atoms with van der Waals surface area (Å²) in [5.74, 6) is -1.61. The molecule has 0 radical (unpaired) electrons. The number of aliphatic carboxylic acids is 1. The molecule has 0 aliphatic carbocycles. The van der Waals surface area contributed by atoms with E-state index < -0.39 is 11.9 Å². The summed E-state index contributed by atoms with van der Waals surface area (Å²) in [6, 6.07) is 9.72. The third-order valence-corrected chi connectivity index (χ3v) is 4.86. The Bertz CT molecular complexity index is 664. The number of rotatable bonds is 9. The second kappa shape index (κ2) is 8.80. The minimum Gasteiger partial charge on any atom is -0.481 e. The SMILES string of the molecule is CCOCCCN(CC(C)C(=O)O)C(=O)c1cc2ccccc2s1. The molecule has 1 N–H and O–H groups in total. The van der Waals surface area contributed by atoms with E-state index in [9.17, 15) is 9.59 Å². The molecule has 0 saturated carbocycles. The summed E-state index contributed by atoms with van der Waals surface area (Å²) < 4.78 is 6.37. The second-order valence-corrected chi connectivity index (χ2v) is 6.77. The minimum absolute atomic E-state index is 0.110. The maximum atomic E-state index is 12.8. The van der Waals surface area contributed by atoms with Crippen molar-refractivity contribution in [1.82, 2.24) is 4.90 Å². The molecule has 1 heterocycles. The van der Waals surface area contributed by atoms with Crippen LogP contribution in [0.4, 0.5) is 0 Å². The lowest BCUT2D eigenvalue weighted by molar-refractivity contribution is -0.141. The number of benzene rings is 1. The van der Waals surface area contributed by atoms with Gasteiger partial charge in [-0.15, -0.1) is 11.3 Å². The second-order valence-electron chi connectivity index (χ2n) is 5.69. The van der Waals surface area contributed by atoms with Gasteiger partial charge in [0.2, 0.25) is 0 Å². The maximum absolute atomic E-state index is 12.8. The largest absolute Gasteiger partial charge is 0.481 e. The summed E-state index contributed by atoms with van der Waals surface area (Å²) in [4.78, 5) is 26.3. The fraction of sp³-hybridized carbons (Fsp3) is 0.444. The number of carboxylic acids is 1. The lowest BCUT2D eigenvalue weighted by atomic mass is 10.1. The number of hydrogen-bond acceptors (Lipinski definition) is 4. The Morgan fingerprint density at radius 1 is 1.33 bits per heavy atom. The molecule has 1 atom stereocenters. The van der Waals surface area contributed by atoms with E-state index in [0.717, 1.165) is 10.1 Å². The molecule has 130 valence electrons. The highest BCUT2D eigenvalue weighted by molar-refractivity contribution is 7.20. The van der Waals surface area contributed by atoms with Crippen LogP contribution in [0.3, 0.4) is 0 Å². The summed E-state index contributed by atoms with van der Waals surface area (Å²) in [5.41, 5.74) is 0. The molecule has 2 rings (SSSR count). The zero-order valence-corrected chi connectivity index (χ0v) is 14.8. The van der Waals surface area contributed by atoms with Gasteiger partial charge in [-0.2, -0.15) is 0 Å². The van der Waals surface area contributed by atoms with Crippen LogP contribution in [0.1, 0.15) is 29.9 Å². The standard InChI is InChI=1S/C18H23NO4S/c1-3-23-10-6-9-19(12-13(2)18(21)22)17(20)16-11-14-7-4-5-8-15(14)24-16/h4-5,7-8,11,13H,3,6,9-10,12H2,1-2H3,(H,21,22). The summed E-state index contributed by atoms with van der Waals surface area (Å²) in [6.45, 7) is 5.44. The van der Waals surface area contributed by atoms with Gasteiger partial charge >= 0.3 is 5.97 Å². The van der Waals surface area contributed by atoms with Crippen LogP contribution in [0.25, 0.3) is 10.1 Å². The quantitative estimate of drug-likeness (QED) is 0.704. The highest BCUT2D eigenvalue weighted by Gasteiger charge is 2.22. The lowest BCUT2D eigenvalue weighted by Crippen LogP contribution is -2.37. The molecular formula is C18H23NO4S. The van der Waals surface area contributed by atoms with Crippen LogP contribution in [0, 0.1) is 5.92 Å². The van der Waals surface area contributed by atoms with Crippen LogP contribution in [0.5, 0.6) is 0 Å². The number of nitrogens with zero attached hydrogens (tertiary/aromatic N) is 1. The number of carboxylic acid groups (broad SMARTS) is 1. The smallest absolute Gasteiger partial charge is 0.308 e. The van der Waals surface area contributed by atoms with Crippen molar-refractivity contribution in [3.8, 4) is 0 Å². The van der Waals surface area contributed by atoms with Crippen molar-refractivity contribution in [2.75, 3.05) is 26.3 Å². The van der Waals surface area contributed by atoms with Crippen molar-refractivity contribution >= 4 is 33.3 Å². The first-order valence-electron chi connectivity index (χ1n) is 8.11. The van der Waals surface area contributed by atoms with E-state index in [4.69, 9.17) is 9.84 Å². The van der Waals surface area contributed by atoms with Gasteiger partial charge in [0.15, 0.2) is 0 Å². The third kappa shape index (κ3) is 4.79. The average Bonchev–Trinajstić information content (AvgIpc) is 3.00. The zero-order valence-electron chi connectivity index (χ0n) is 14.0. The number of ether oxygens (including phenoxy) is 1. The highest BCUT2D eigenvalue weighted by Crippen LogP contribution is 2.26. The van der Waals surface area contributed by atoms with E-state index in [1.807, 2.05) is 37.3 Å². The van der Waals surface area contributed by atoms with Crippen LogP contribution >= 0.6 is 11.3 Å². The fourth-order valence-electron chi connectivity index (χ4n) is 2.43. The fourth-order valence-corrected chi connectivity index (χ4v) is 3.46. The predicted octanol–water partition coefficient (Wildman–Crippen LogP) is 3.49. The zero-order chi connectivity index (χ0) is 17.5. The van der Waals surface area contributed by atoms with Crippen LogP contribution in [0.15, 0.2) is 30.3 Å². The number of thiophene rings is 1. The van der Waals surface area contributed by atoms with Gasteiger partial charge < -0.3 is 14.7 Å². The Morgan fingerprint density at radius 3 is 2.75 bits per heavy atom. The van der Waals surface area contributed by atoms with Gasteiger partial charge in [-0.25, -0.2) is 0 Å². The molecule has 1 unspecified atom stereocenters. The topological polar surface area (TPSA) is 66.8 Å². The number of hydrogen-bond donors (Lipinski definition) is 1. The van der Waals surface area contributed by atoms with Gasteiger partial charge in [0.25, 0.3) is 5.91 Å². The van der Waals surface area contributed by atoms with Crippen molar-refractivity contribution in [3.05, 3.63) is 35.2 Å². The van der Waals surface area contributed by atoms with Crippen LogP contribution in [-0.2, 0) is 9.53 Å². The van der Waals surface area contributed by atoms with E-state index in [2.05, 4.69) is 0 Å². The summed E-state index contributed by atoms with van der Waals surface area (Å²) in [7, 11) is 0. The van der Waals surface area contributed by atoms with E-state index in [0.29, 0.717) is 31.1 Å². The van der Waals surface area contributed by atoms with Gasteiger partial charge in [-0.05, 0) is 30.9 Å². The Labute approximate surface area is 145 Å². The van der Waals surface area contributed by atoms with Crippen LogP contribution < -0.4 is 0 Å². The van der Waals surface area contributed by atoms with Gasteiger partial charge in [0, 0.05) is 31.0 Å². The Hall–Kier alpha value is -1.92. The molecule has 24 heavy (non-hydrogen) atoms. The van der Waals surface area contributed by atoms with E-state index in [1.165, 1.54) is 11.3 Å².